The van der Waals surface area contributed by atoms with E-state index in [9.17, 15) is 14.4 Å². The van der Waals surface area contributed by atoms with E-state index < -0.39 is 11.9 Å². The van der Waals surface area contributed by atoms with Gasteiger partial charge in [0.05, 0.1) is 18.2 Å². The van der Waals surface area contributed by atoms with Crippen LogP contribution in [0.2, 0.25) is 0 Å². The molecular weight excluding hydrogens is 402 g/mol. The van der Waals surface area contributed by atoms with Crippen molar-refractivity contribution in [3.8, 4) is 0 Å². The van der Waals surface area contributed by atoms with Gasteiger partial charge in [-0.05, 0) is 30.5 Å². The van der Waals surface area contributed by atoms with Crippen molar-refractivity contribution in [2.45, 2.75) is 49.4 Å². The molecule has 0 fully saturated rings. The summed E-state index contributed by atoms with van der Waals surface area (Å²) in [5.74, 6) is -0.422. The number of methoxy groups -OCH3 is 1. The number of hydrogen-bond acceptors (Lipinski definition) is 7. The number of allylic oxidation sites excluding steroid dienone is 2. The molecule has 0 spiro atoms. The second kappa shape index (κ2) is 8.10. The minimum atomic E-state index is -0.523. The van der Waals surface area contributed by atoms with Crippen LogP contribution in [-0.2, 0) is 9.53 Å². The SMILES string of the molecule is COC(=O)c1ccc([C@H]2C3=C(CCCC3=O)Nc3nc(SC(C)C)[nH]c(=O)c32)cc1. The van der Waals surface area contributed by atoms with Crippen LogP contribution < -0.4 is 10.9 Å². The maximum Gasteiger partial charge on any atom is 0.337 e. The normalized spacial score (nSPS) is 18.0. The van der Waals surface area contributed by atoms with Crippen LogP contribution in [0.25, 0.3) is 0 Å². The summed E-state index contributed by atoms with van der Waals surface area (Å²) in [4.78, 5) is 45.3. The van der Waals surface area contributed by atoms with Gasteiger partial charge >= 0.3 is 5.97 Å². The number of esters is 1. The zero-order chi connectivity index (χ0) is 21.4. The first-order valence-electron chi connectivity index (χ1n) is 9.91. The van der Waals surface area contributed by atoms with E-state index in [1.165, 1.54) is 18.9 Å². The van der Waals surface area contributed by atoms with Crippen molar-refractivity contribution in [1.29, 1.82) is 0 Å². The summed E-state index contributed by atoms with van der Waals surface area (Å²) in [6.45, 7) is 4.06. The van der Waals surface area contributed by atoms with Crippen molar-refractivity contribution in [3.05, 3.63) is 62.6 Å². The van der Waals surface area contributed by atoms with Gasteiger partial charge in [0.15, 0.2) is 10.9 Å². The predicted molar refractivity (Wildman–Crippen MR) is 115 cm³/mol. The topological polar surface area (TPSA) is 101 Å². The van der Waals surface area contributed by atoms with E-state index in [4.69, 9.17) is 4.74 Å². The van der Waals surface area contributed by atoms with Crippen molar-refractivity contribution < 1.29 is 14.3 Å². The Morgan fingerprint density at radius 3 is 2.60 bits per heavy atom. The number of Topliss-reactive ketones (excluding diaryl/α,β-unsaturated/α-hetero) is 1. The molecule has 1 aromatic heterocycles. The molecule has 0 saturated carbocycles. The Hall–Kier alpha value is -2.87. The molecule has 1 aliphatic carbocycles. The lowest BCUT2D eigenvalue weighted by molar-refractivity contribution is -0.116. The summed E-state index contributed by atoms with van der Waals surface area (Å²) < 4.78 is 4.76. The van der Waals surface area contributed by atoms with Gasteiger partial charge in [0.2, 0.25) is 0 Å². The number of aromatic amines is 1. The van der Waals surface area contributed by atoms with Crippen LogP contribution in [0, 0.1) is 0 Å². The molecule has 2 aliphatic rings. The molecule has 1 aliphatic heterocycles. The number of H-pyrrole nitrogens is 1. The highest BCUT2D eigenvalue weighted by atomic mass is 32.2. The number of fused-ring (bicyclic) bond motifs is 1. The number of ketones is 1. The van der Waals surface area contributed by atoms with E-state index >= 15 is 0 Å². The number of aromatic nitrogens is 2. The molecule has 1 atom stereocenters. The molecule has 2 heterocycles. The van der Waals surface area contributed by atoms with Gasteiger partial charge in [0.1, 0.15) is 5.82 Å². The second-order valence-corrected chi connectivity index (χ2v) is 9.21. The van der Waals surface area contributed by atoms with E-state index in [0.29, 0.717) is 34.1 Å². The van der Waals surface area contributed by atoms with Crippen LogP contribution in [0.3, 0.4) is 0 Å². The number of anilines is 1. The first-order valence-corrected chi connectivity index (χ1v) is 10.8. The lowest BCUT2D eigenvalue weighted by Crippen LogP contribution is -2.32. The third-order valence-corrected chi connectivity index (χ3v) is 6.14. The van der Waals surface area contributed by atoms with E-state index in [1.54, 1.807) is 24.3 Å². The average Bonchev–Trinajstić information content (AvgIpc) is 2.71. The number of benzene rings is 1. The summed E-state index contributed by atoms with van der Waals surface area (Å²) in [7, 11) is 1.33. The van der Waals surface area contributed by atoms with Crippen LogP contribution in [0.15, 0.2) is 45.5 Å². The Morgan fingerprint density at radius 2 is 1.93 bits per heavy atom. The molecule has 4 rings (SSSR count). The number of carbonyl (C=O) groups excluding carboxylic acids is 2. The van der Waals surface area contributed by atoms with E-state index in [1.807, 2.05) is 13.8 Å². The van der Waals surface area contributed by atoms with Gasteiger partial charge in [-0.25, -0.2) is 9.78 Å². The first kappa shape index (κ1) is 20.4. The fourth-order valence-electron chi connectivity index (χ4n) is 3.98. The van der Waals surface area contributed by atoms with Crippen LogP contribution >= 0.6 is 11.8 Å². The molecule has 0 saturated heterocycles. The molecule has 8 heteroatoms. The number of rotatable bonds is 4. The fraction of sp³-hybridized carbons (Fsp3) is 0.364. The zero-order valence-corrected chi connectivity index (χ0v) is 17.9. The van der Waals surface area contributed by atoms with Gasteiger partial charge in [-0.15, -0.1) is 0 Å². The van der Waals surface area contributed by atoms with Gasteiger partial charge in [-0.3, -0.25) is 9.59 Å². The molecule has 0 amide bonds. The molecular formula is C22H23N3O4S. The smallest absolute Gasteiger partial charge is 0.337 e. The summed E-state index contributed by atoms with van der Waals surface area (Å²) in [6.07, 6.45) is 1.96. The summed E-state index contributed by atoms with van der Waals surface area (Å²) in [5, 5.41) is 4.08. The molecule has 7 nitrogen and oxygen atoms in total. The van der Waals surface area contributed by atoms with E-state index in [0.717, 1.165) is 24.1 Å². The molecule has 2 N–H and O–H groups in total. The lowest BCUT2D eigenvalue weighted by atomic mass is 9.76. The molecule has 2 aromatic rings. The highest BCUT2D eigenvalue weighted by Gasteiger charge is 2.37. The molecule has 30 heavy (non-hydrogen) atoms. The first-order chi connectivity index (χ1) is 14.4. The quantitative estimate of drug-likeness (QED) is 0.438. The fourth-order valence-corrected chi connectivity index (χ4v) is 4.72. The Balaban J connectivity index is 1.87. The van der Waals surface area contributed by atoms with Gasteiger partial charge < -0.3 is 15.0 Å². The van der Waals surface area contributed by atoms with E-state index in [-0.39, 0.29) is 16.6 Å². The van der Waals surface area contributed by atoms with Crippen molar-refractivity contribution >= 4 is 29.3 Å². The van der Waals surface area contributed by atoms with Gasteiger partial charge in [0.25, 0.3) is 5.56 Å². The molecule has 0 unspecified atom stereocenters. The maximum absolute atomic E-state index is 13.1. The Morgan fingerprint density at radius 1 is 1.20 bits per heavy atom. The number of carbonyl (C=O) groups is 2. The van der Waals surface area contributed by atoms with Gasteiger partial charge in [-0.1, -0.05) is 37.7 Å². The Bertz CT molecular complexity index is 1100. The number of nitrogens with zero attached hydrogens (tertiary/aromatic N) is 1. The monoisotopic (exact) mass is 425 g/mol. The highest BCUT2D eigenvalue weighted by molar-refractivity contribution is 7.99. The van der Waals surface area contributed by atoms with E-state index in [2.05, 4.69) is 15.3 Å². The minimum absolute atomic E-state index is 0.0384. The predicted octanol–water partition coefficient (Wildman–Crippen LogP) is 3.62. The van der Waals surface area contributed by atoms with Crippen molar-refractivity contribution in [3.63, 3.8) is 0 Å². The Kier molecular flexibility index (Phi) is 5.51. The summed E-state index contributed by atoms with van der Waals surface area (Å²) >= 11 is 1.48. The summed E-state index contributed by atoms with van der Waals surface area (Å²) in [5.41, 5.74) is 2.81. The van der Waals surface area contributed by atoms with Gasteiger partial charge in [0, 0.05) is 28.9 Å². The lowest BCUT2D eigenvalue weighted by Gasteiger charge is -2.32. The average molecular weight is 426 g/mol. The largest absolute Gasteiger partial charge is 0.465 e. The Labute approximate surface area is 178 Å². The van der Waals surface area contributed by atoms with Crippen LogP contribution in [0.5, 0.6) is 0 Å². The van der Waals surface area contributed by atoms with Crippen LogP contribution in [0.1, 0.15) is 60.5 Å². The van der Waals surface area contributed by atoms with Crippen molar-refractivity contribution in [2.75, 3.05) is 12.4 Å². The van der Waals surface area contributed by atoms with Crippen LogP contribution in [-0.4, -0.2) is 34.1 Å². The zero-order valence-electron chi connectivity index (χ0n) is 17.1. The molecule has 0 bridgehead atoms. The van der Waals surface area contributed by atoms with Gasteiger partial charge in [-0.2, -0.15) is 0 Å². The molecule has 1 aromatic carbocycles. The second-order valence-electron chi connectivity index (χ2n) is 7.64. The molecule has 156 valence electrons. The van der Waals surface area contributed by atoms with Crippen LogP contribution in [0.4, 0.5) is 5.82 Å². The van der Waals surface area contributed by atoms with Crippen molar-refractivity contribution in [1.82, 2.24) is 9.97 Å². The van der Waals surface area contributed by atoms with Crippen molar-refractivity contribution in [2.24, 2.45) is 0 Å². The third kappa shape index (κ3) is 3.67. The highest BCUT2D eigenvalue weighted by Crippen LogP contribution is 2.43. The summed E-state index contributed by atoms with van der Waals surface area (Å²) in [6, 6.07) is 6.85. The standard InChI is InChI=1S/C22H23N3O4S/c1-11(2)30-22-24-19-18(20(27)25-22)16(17-14(23-19)5-4-6-15(17)26)12-7-9-13(10-8-12)21(28)29-3/h7-11,16H,4-6H2,1-3H3,(H2,23,24,25,27)/t16-/m0/s1. The number of nitrogens with one attached hydrogen (secondary N) is 2. The number of hydrogen-bond donors (Lipinski definition) is 2. The maximum atomic E-state index is 13.1. The molecule has 0 radical (unpaired) electrons. The third-order valence-electron chi connectivity index (χ3n) is 5.25. The number of thioether (sulfide) groups is 1. The number of ether oxygens (including phenoxy) is 1. The minimum Gasteiger partial charge on any atom is -0.465 e.